The van der Waals surface area contributed by atoms with Crippen molar-refractivity contribution < 1.29 is 14.3 Å². The highest BCUT2D eigenvalue weighted by molar-refractivity contribution is 6.04. The standard InChI is InChI=1S/C21H24N2O3/c1-3-12-26-20-10-9-16-7-4-5-8-18(16)19(20)14-17(15-22)21(24)23-11-6-13-25-2/h4-5,7-10,14H,3,6,11-13H2,1-2H3,(H,23,24)/b17-14+. The molecule has 0 unspecified atom stereocenters. The van der Waals surface area contributed by atoms with Crippen molar-refractivity contribution in [2.75, 3.05) is 26.9 Å². The molecule has 0 spiro atoms. The first-order valence-electron chi connectivity index (χ1n) is 8.74. The van der Waals surface area contributed by atoms with Crippen LogP contribution < -0.4 is 10.1 Å². The lowest BCUT2D eigenvalue weighted by molar-refractivity contribution is -0.117. The first-order valence-corrected chi connectivity index (χ1v) is 8.74. The highest BCUT2D eigenvalue weighted by atomic mass is 16.5. The molecule has 0 fully saturated rings. The highest BCUT2D eigenvalue weighted by Gasteiger charge is 2.13. The van der Waals surface area contributed by atoms with Gasteiger partial charge >= 0.3 is 0 Å². The van der Waals surface area contributed by atoms with Gasteiger partial charge in [-0.15, -0.1) is 0 Å². The Kier molecular flexibility index (Phi) is 7.66. The molecule has 136 valence electrons. The maximum absolute atomic E-state index is 12.3. The number of nitrogens with zero attached hydrogens (tertiary/aromatic N) is 1. The Balaban J connectivity index is 2.37. The lowest BCUT2D eigenvalue weighted by atomic mass is 10.0. The molecule has 0 aromatic heterocycles. The van der Waals surface area contributed by atoms with Crippen molar-refractivity contribution in [2.24, 2.45) is 0 Å². The molecule has 0 heterocycles. The fourth-order valence-electron chi connectivity index (χ4n) is 2.57. The zero-order chi connectivity index (χ0) is 18.8. The van der Waals surface area contributed by atoms with Crippen LogP contribution in [-0.2, 0) is 9.53 Å². The van der Waals surface area contributed by atoms with Gasteiger partial charge in [-0.05, 0) is 35.8 Å². The van der Waals surface area contributed by atoms with E-state index in [-0.39, 0.29) is 5.57 Å². The zero-order valence-electron chi connectivity index (χ0n) is 15.2. The van der Waals surface area contributed by atoms with Crippen LogP contribution in [0.15, 0.2) is 42.0 Å². The molecule has 0 saturated heterocycles. The minimum absolute atomic E-state index is 0.0557. The van der Waals surface area contributed by atoms with Crippen molar-refractivity contribution in [3.63, 3.8) is 0 Å². The summed E-state index contributed by atoms with van der Waals surface area (Å²) >= 11 is 0. The monoisotopic (exact) mass is 352 g/mol. The van der Waals surface area contributed by atoms with E-state index in [2.05, 4.69) is 5.32 Å². The number of carbonyl (C=O) groups excluding carboxylic acids is 1. The number of nitrogens with one attached hydrogen (secondary N) is 1. The molecule has 0 aliphatic rings. The van der Waals surface area contributed by atoms with Crippen molar-refractivity contribution in [1.29, 1.82) is 5.26 Å². The summed E-state index contributed by atoms with van der Waals surface area (Å²) in [5, 5.41) is 14.2. The fourth-order valence-corrected chi connectivity index (χ4v) is 2.57. The van der Waals surface area contributed by atoms with E-state index in [9.17, 15) is 10.1 Å². The summed E-state index contributed by atoms with van der Waals surface area (Å²) in [6.45, 7) is 3.62. The van der Waals surface area contributed by atoms with Gasteiger partial charge in [0.25, 0.3) is 5.91 Å². The van der Waals surface area contributed by atoms with Gasteiger partial charge in [-0.2, -0.15) is 5.26 Å². The third-order valence-electron chi connectivity index (χ3n) is 3.86. The van der Waals surface area contributed by atoms with E-state index in [0.29, 0.717) is 31.9 Å². The quantitative estimate of drug-likeness (QED) is 0.424. The van der Waals surface area contributed by atoms with Crippen LogP contribution in [0.2, 0.25) is 0 Å². The lowest BCUT2D eigenvalue weighted by Gasteiger charge is -2.12. The molecule has 1 N–H and O–H groups in total. The molecular formula is C21H24N2O3. The second-order valence-electron chi connectivity index (χ2n) is 5.82. The Morgan fingerprint density at radius 1 is 1.23 bits per heavy atom. The fraction of sp³-hybridized carbons (Fsp3) is 0.333. The average molecular weight is 352 g/mol. The number of rotatable bonds is 9. The SMILES string of the molecule is CCCOc1ccc2ccccc2c1/C=C(\C#N)C(=O)NCCCOC. The summed E-state index contributed by atoms with van der Waals surface area (Å²) < 4.78 is 10.8. The smallest absolute Gasteiger partial charge is 0.261 e. The van der Waals surface area contributed by atoms with E-state index in [1.54, 1.807) is 13.2 Å². The average Bonchev–Trinajstić information content (AvgIpc) is 2.68. The van der Waals surface area contributed by atoms with Crippen molar-refractivity contribution in [3.8, 4) is 11.8 Å². The number of methoxy groups -OCH3 is 1. The largest absolute Gasteiger partial charge is 0.493 e. The first-order chi connectivity index (χ1) is 12.7. The Labute approximate surface area is 154 Å². The van der Waals surface area contributed by atoms with E-state index in [1.165, 1.54) is 0 Å². The number of hydrogen-bond donors (Lipinski definition) is 1. The van der Waals surface area contributed by atoms with E-state index in [1.807, 2.05) is 49.4 Å². The normalized spacial score (nSPS) is 11.2. The molecule has 2 aromatic carbocycles. The van der Waals surface area contributed by atoms with Gasteiger partial charge < -0.3 is 14.8 Å². The van der Waals surface area contributed by atoms with E-state index < -0.39 is 5.91 Å². The first kappa shape index (κ1) is 19.5. The number of carbonyl (C=O) groups is 1. The Bertz CT molecular complexity index is 822. The van der Waals surface area contributed by atoms with Crippen LogP contribution in [0.25, 0.3) is 16.8 Å². The van der Waals surface area contributed by atoms with Crippen LogP contribution in [-0.4, -0.2) is 32.8 Å². The van der Waals surface area contributed by atoms with Crippen LogP contribution in [0.3, 0.4) is 0 Å². The zero-order valence-corrected chi connectivity index (χ0v) is 15.2. The predicted octanol–water partition coefficient (Wildman–Crippen LogP) is 3.69. The van der Waals surface area contributed by atoms with Crippen molar-refractivity contribution >= 4 is 22.8 Å². The van der Waals surface area contributed by atoms with Gasteiger partial charge in [-0.1, -0.05) is 37.3 Å². The van der Waals surface area contributed by atoms with E-state index in [0.717, 1.165) is 22.8 Å². The summed E-state index contributed by atoms with van der Waals surface area (Å²) in [5.41, 5.74) is 0.806. The molecule has 5 nitrogen and oxygen atoms in total. The van der Waals surface area contributed by atoms with Crippen LogP contribution >= 0.6 is 0 Å². The Hall–Kier alpha value is -2.84. The molecule has 2 aromatic rings. The predicted molar refractivity (Wildman–Crippen MR) is 103 cm³/mol. The van der Waals surface area contributed by atoms with Crippen LogP contribution in [0.5, 0.6) is 5.75 Å². The highest BCUT2D eigenvalue weighted by Crippen LogP contribution is 2.30. The molecule has 5 heteroatoms. The number of ether oxygens (including phenoxy) is 2. The summed E-state index contributed by atoms with van der Waals surface area (Å²) in [6.07, 6.45) is 3.18. The van der Waals surface area contributed by atoms with Crippen molar-refractivity contribution in [1.82, 2.24) is 5.32 Å². The van der Waals surface area contributed by atoms with Gasteiger partial charge in [-0.3, -0.25) is 4.79 Å². The van der Waals surface area contributed by atoms with E-state index >= 15 is 0 Å². The molecule has 0 radical (unpaired) electrons. The van der Waals surface area contributed by atoms with Crippen molar-refractivity contribution in [3.05, 3.63) is 47.5 Å². The minimum atomic E-state index is -0.391. The van der Waals surface area contributed by atoms with Gasteiger partial charge in [0.1, 0.15) is 17.4 Å². The maximum atomic E-state index is 12.3. The molecule has 0 atom stereocenters. The van der Waals surface area contributed by atoms with Gasteiger partial charge in [0.05, 0.1) is 6.61 Å². The Morgan fingerprint density at radius 2 is 2.04 bits per heavy atom. The molecule has 1 amide bonds. The summed E-state index contributed by atoms with van der Waals surface area (Å²) in [7, 11) is 1.61. The molecule has 0 aliphatic heterocycles. The molecule has 0 aliphatic carbocycles. The maximum Gasteiger partial charge on any atom is 0.261 e. The summed E-state index contributed by atoms with van der Waals surface area (Å²) in [6, 6.07) is 13.7. The second-order valence-corrected chi connectivity index (χ2v) is 5.82. The third-order valence-corrected chi connectivity index (χ3v) is 3.86. The number of fused-ring (bicyclic) bond motifs is 1. The number of hydrogen-bond acceptors (Lipinski definition) is 4. The summed E-state index contributed by atoms with van der Waals surface area (Å²) in [5.74, 6) is 0.281. The Morgan fingerprint density at radius 3 is 2.77 bits per heavy atom. The topological polar surface area (TPSA) is 71.3 Å². The van der Waals surface area contributed by atoms with Crippen LogP contribution in [0, 0.1) is 11.3 Å². The van der Waals surface area contributed by atoms with Crippen LogP contribution in [0.1, 0.15) is 25.3 Å². The van der Waals surface area contributed by atoms with Crippen LogP contribution in [0.4, 0.5) is 0 Å². The van der Waals surface area contributed by atoms with Gasteiger partial charge in [0, 0.05) is 25.8 Å². The molecule has 26 heavy (non-hydrogen) atoms. The van der Waals surface area contributed by atoms with Gasteiger partial charge in [0.2, 0.25) is 0 Å². The van der Waals surface area contributed by atoms with Crippen molar-refractivity contribution in [2.45, 2.75) is 19.8 Å². The number of amides is 1. The number of nitriles is 1. The third kappa shape index (κ3) is 5.08. The minimum Gasteiger partial charge on any atom is -0.493 e. The molecule has 0 saturated carbocycles. The van der Waals surface area contributed by atoms with Gasteiger partial charge in [-0.25, -0.2) is 0 Å². The number of benzene rings is 2. The summed E-state index contributed by atoms with van der Waals surface area (Å²) in [4.78, 5) is 12.3. The van der Waals surface area contributed by atoms with Gasteiger partial charge in [0.15, 0.2) is 0 Å². The molecule has 0 bridgehead atoms. The lowest BCUT2D eigenvalue weighted by Crippen LogP contribution is -2.26. The van der Waals surface area contributed by atoms with E-state index in [4.69, 9.17) is 9.47 Å². The molecular weight excluding hydrogens is 328 g/mol. The molecule has 2 rings (SSSR count). The second kappa shape index (κ2) is 10.2.